The van der Waals surface area contributed by atoms with Crippen LogP contribution in [0.25, 0.3) is 17.0 Å². The molecule has 1 aliphatic heterocycles. The highest BCUT2D eigenvalue weighted by atomic mass is 32.1. The first-order valence-electron chi connectivity index (χ1n) is 12.3. The van der Waals surface area contributed by atoms with Gasteiger partial charge < -0.3 is 14.7 Å². The lowest BCUT2D eigenvalue weighted by atomic mass is 9.92. The Hall–Kier alpha value is -3.77. The fraction of sp³-hybridized carbons (Fsp3) is 0.233. The maximum absolute atomic E-state index is 5.90. The van der Waals surface area contributed by atoms with Gasteiger partial charge in [0.05, 0.1) is 11.6 Å². The summed E-state index contributed by atoms with van der Waals surface area (Å²) in [6.07, 6.45) is 0.990. The molecule has 5 rings (SSSR count). The van der Waals surface area contributed by atoms with Gasteiger partial charge in [-0.15, -0.1) is 0 Å². The highest BCUT2D eigenvalue weighted by molar-refractivity contribution is 7.80. The molecule has 0 fully saturated rings. The third kappa shape index (κ3) is 4.69. The molecule has 1 atom stereocenters. The zero-order valence-electron chi connectivity index (χ0n) is 21.1. The number of nitrogens with zero attached hydrogens (tertiary/aromatic N) is 3. The molecule has 182 valence electrons. The summed E-state index contributed by atoms with van der Waals surface area (Å²) in [7, 11) is 0. The third-order valence-electron chi connectivity index (χ3n) is 6.92. The molecule has 1 N–H and O–H groups in total. The molecule has 2 heterocycles. The van der Waals surface area contributed by atoms with Gasteiger partial charge in [-0.1, -0.05) is 84.9 Å². The summed E-state index contributed by atoms with van der Waals surface area (Å²) in [6.45, 7) is 9.13. The molecule has 0 bridgehead atoms. The van der Waals surface area contributed by atoms with Crippen LogP contribution in [0.15, 0.2) is 83.0 Å². The second-order valence-corrected chi connectivity index (χ2v) is 9.66. The molecule has 0 radical (unpaired) electrons. The summed E-state index contributed by atoms with van der Waals surface area (Å²) in [5.41, 5.74) is 8.91. The quantitative estimate of drug-likeness (QED) is 0.298. The number of aromatic nitrogens is 2. The highest BCUT2D eigenvalue weighted by Gasteiger charge is 2.34. The van der Waals surface area contributed by atoms with E-state index in [-0.39, 0.29) is 6.04 Å². The largest absolute Gasteiger partial charge is 0.351 e. The number of thiocarbonyl (C=S) groups is 1. The standard InChI is InChI=1S/C30H30N4OS/c1-5-22-12-15-24(16-13-22)28-32-29(35-33-28)26-21(4)34(18-23-9-7-6-8-10-23)30(36)31-27(26)25-14-11-19(2)20(3)17-25/h6-17,27H,5,18H2,1-4H3,(H,31,36). The average Bonchev–Trinajstić information content (AvgIpc) is 3.38. The van der Waals surface area contributed by atoms with Crippen LogP contribution in [-0.2, 0) is 13.0 Å². The molecule has 0 amide bonds. The zero-order valence-corrected chi connectivity index (χ0v) is 21.9. The Morgan fingerprint density at radius 2 is 1.67 bits per heavy atom. The molecular weight excluding hydrogens is 464 g/mol. The predicted molar refractivity (Wildman–Crippen MR) is 148 cm³/mol. The molecule has 0 saturated heterocycles. The lowest BCUT2D eigenvalue weighted by Gasteiger charge is -2.37. The molecule has 0 spiro atoms. The maximum atomic E-state index is 5.90. The molecule has 1 aliphatic rings. The van der Waals surface area contributed by atoms with Gasteiger partial charge in [0.2, 0.25) is 5.82 Å². The summed E-state index contributed by atoms with van der Waals surface area (Å²) < 4.78 is 5.90. The minimum Gasteiger partial charge on any atom is -0.351 e. The number of allylic oxidation sites excluding steroid dienone is 1. The van der Waals surface area contributed by atoms with E-state index in [1.807, 2.05) is 30.3 Å². The highest BCUT2D eigenvalue weighted by Crippen LogP contribution is 2.38. The van der Waals surface area contributed by atoms with Crippen LogP contribution in [0.2, 0.25) is 0 Å². The minimum absolute atomic E-state index is 0.195. The van der Waals surface area contributed by atoms with Gasteiger partial charge in [0.25, 0.3) is 5.89 Å². The van der Waals surface area contributed by atoms with Crippen molar-refractivity contribution in [3.63, 3.8) is 0 Å². The van der Waals surface area contributed by atoms with E-state index in [4.69, 9.17) is 21.7 Å². The fourth-order valence-corrected chi connectivity index (χ4v) is 4.87. The Morgan fingerprint density at radius 1 is 0.917 bits per heavy atom. The van der Waals surface area contributed by atoms with Crippen LogP contribution in [0.4, 0.5) is 0 Å². The first-order valence-corrected chi connectivity index (χ1v) is 12.7. The molecule has 36 heavy (non-hydrogen) atoms. The number of nitrogens with one attached hydrogen (secondary N) is 1. The van der Waals surface area contributed by atoms with Crippen LogP contribution in [0.5, 0.6) is 0 Å². The van der Waals surface area contributed by atoms with Crippen molar-refractivity contribution < 1.29 is 4.52 Å². The average molecular weight is 495 g/mol. The van der Waals surface area contributed by atoms with Crippen LogP contribution < -0.4 is 5.32 Å². The van der Waals surface area contributed by atoms with Gasteiger partial charge in [-0.2, -0.15) is 4.98 Å². The molecule has 6 heteroatoms. The Bertz CT molecular complexity index is 1420. The molecule has 3 aromatic carbocycles. The Kier molecular flexibility index (Phi) is 6.70. The summed E-state index contributed by atoms with van der Waals surface area (Å²) in [6, 6.07) is 24.9. The van der Waals surface area contributed by atoms with E-state index in [0.717, 1.165) is 28.8 Å². The van der Waals surface area contributed by atoms with Crippen molar-refractivity contribution in [1.29, 1.82) is 0 Å². The second kappa shape index (κ2) is 10.1. The van der Waals surface area contributed by atoms with E-state index >= 15 is 0 Å². The SMILES string of the molecule is CCc1ccc(-c2noc(C3=C(C)N(Cc4ccccc4)C(=S)NC3c3ccc(C)c(C)c3)n2)cc1. The summed E-state index contributed by atoms with van der Waals surface area (Å²) in [5.74, 6) is 1.08. The molecule has 4 aromatic rings. The van der Waals surface area contributed by atoms with E-state index in [9.17, 15) is 0 Å². The zero-order chi connectivity index (χ0) is 25.2. The number of aryl methyl sites for hydroxylation is 3. The Morgan fingerprint density at radius 3 is 2.36 bits per heavy atom. The first-order chi connectivity index (χ1) is 17.4. The molecular formula is C30H30N4OS. The van der Waals surface area contributed by atoms with Gasteiger partial charge in [-0.05, 0) is 67.2 Å². The monoisotopic (exact) mass is 494 g/mol. The first kappa shape index (κ1) is 23.9. The molecule has 1 unspecified atom stereocenters. The number of rotatable bonds is 6. The summed E-state index contributed by atoms with van der Waals surface area (Å²) in [4.78, 5) is 6.96. The van der Waals surface area contributed by atoms with Crippen LogP contribution in [0, 0.1) is 13.8 Å². The lowest BCUT2D eigenvalue weighted by Crippen LogP contribution is -2.45. The normalized spacial score (nSPS) is 15.8. The predicted octanol–water partition coefficient (Wildman–Crippen LogP) is 6.78. The molecule has 0 saturated carbocycles. The van der Waals surface area contributed by atoms with Crippen molar-refractivity contribution in [1.82, 2.24) is 20.4 Å². The number of benzene rings is 3. The summed E-state index contributed by atoms with van der Waals surface area (Å²) >= 11 is 5.86. The van der Waals surface area contributed by atoms with Crippen molar-refractivity contribution in [2.24, 2.45) is 0 Å². The van der Waals surface area contributed by atoms with Crippen molar-refractivity contribution in [3.8, 4) is 11.4 Å². The van der Waals surface area contributed by atoms with Crippen molar-refractivity contribution >= 4 is 22.9 Å². The van der Waals surface area contributed by atoms with Gasteiger partial charge in [-0.3, -0.25) is 0 Å². The van der Waals surface area contributed by atoms with Gasteiger partial charge in [0, 0.05) is 17.8 Å². The van der Waals surface area contributed by atoms with E-state index in [0.29, 0.717) is 23.4 Å². The van der Waals surface area contributed by atoms with E-state index in [1.54, 1.807) is 0 Å². The Balaban J connectivity index is 1.59. The lowest BCUT2D eigenvalue weighted by molar-refractivity contribution is 0.396. The second-order valence-electron chi connectivity index (χ2n) is 9.27. The molecule has 1 aromatic heterocycles. The van der Waals surface area contributed by atoms with Crippen LogP contribution >= 0.6 is 12.2 Å². The van der Waals surface area contributed by atoms with Crippen LogP contribution in [-0.4, -0.2) is 20.2 Å². The van der Waals surface area contributed by atoms with E-state index < -0.39 is 0 Å². The van der Waals surface area contributed by atoms with Crippen LogP contribution in [0.3, 0.4) is 0 Å². The Labute approximate surface area is 217 Å². The fourth-order valence-electron chi connectivity index (χ4n) is 4.55. The third-order valence-corrected chi connectivity index (χ3v) is 7.26. The van der Waals surface area contributed by atoms with Gasteiger partial charge >= 0.3 is 0 Å². The van der Waals surface area contributed by atoms with Crippen LogP contribution in [0.1, 0.15) is 53.6 Å². The minimum atomic E-state index is -0.195. The van der Waals surface area contributed by atoms with Gasteiger partial charge in [-0.25, -0.2) is 0 Å². The van der Waals surface area contributed by atoms with E-state index in [2.05, 4.69) is 85.5 Å². The molecule has 0 aliphatic carbocycles. The van der Waals surface area contributed by atoms with Crippen molar-refractivity contribution in [3.05, 3.63) is 112 Å². The maximum Gasteiger partial charge on any atom is 0.258 e. The smallest absolute Gasteiger partial charge is 0.258 e. The van der Waals surface area contributed by atoms with Gasteiger partial charge in [0.15, 0.2) is 5.11 Å². The van der Waals surface area contributed by atoms with E-state index in [1.165, 1.54) is 22.3 Å². The molecule has 5 nitrogen and oxygen atoms in total. The van der Waals surface area contributed by atoms with Crippen molar-refractivity contribution in [2.75, 3.05) is 0 Å². The number of hydrogen-bond donors (Lipinski definition) is 1. The number of hydrogen-bond acceptors (Lipinski definition) is 4. The topological polar surface area (TPSA) is 54.2 Å². The summed E-state index contributed by atoms with van der Waals surface area (Å²) in [5, 5.41) is 8.58. The van der Waals surface area contributed by atoms with Gasteiger partial charge in [0.1, 0.15) is 0 Å². The van der Waals surface area contributed by atoms with Crippen molar-refractivity contribution in [2.45, 2.75) is 46.7 Å².